The van der Waals surface area contributed by atoms with E-state index in [1.54, 1.807) is 12.3 Å². The van der Waals surface area contributed by atoms with Crippen LogP contribution in [0.2, 0.25) is 5.02 Å². The van der Waals surface area contributed by atoms with Crippen LogP contribution < -0.4 is 0 Å². The van der Waals surface area contributed by atoms with E-state index in [0.717, 1.165) is 9.13 Å². The quantitative estimate of drug-likeness (QED) is 0.335. The number of hydrogen-bond acceptors (Lipinski definition) is 3. The van der Waals surface area contributed by atoms with Crippen LogP contribution in [0.1, 0.15) is 5.56 Å². The fourth-order valence-electron chi connectivity index (χ4n) is 1.45. The Morgan fingerprint density at radius 1 is 1.26 bits per heavy atom. The number of benzene rings is 2. The van der Waals surface area contributed by atoms with E-state index in [4.69, 9.17) is 11.6 Å². The molecule has 0 aromatic heterocycles. The van der Waals surface area contributed by atoms with Crippen LogP contribution in [0.25, 0.3) is 0 Å². The molecule has 0 spiro atoms. The molecule has 2 rings (SSSR count). The van der Waals surface area contributed by atoms with E-state index >= 15 is 0 Å². The minimum atomic E-state index is -0.520. The lowest BCUT2D eigenvalue weighted by Crippen LogP contribution is -1.89. The Labute approximate surface area is 128 Å². The van der Waals surface area contributed by atoms with Crippen molar-refractivity contribution in [2.45, 2.75) is 0 Å². The average Bonchev–Trinajstić information content (AvgIpc) is 2.39. The lowest BCUT2D eigenvalue weighted by Gasteiger charge is -1.98. The van der Waals surface area contributed by atoms with Crippen LogP contribution in [0.5, 0.6) is 0 Å². The summed E-state index contributed by atoms with van der Waals surface area (Å²) in [7, 11) is 0. The molecule has 0 atom stereocenters. The van der Waals surface area contributed by atoms with Gasteiger partial charge in [-0.2, -0.15) is 0 Å². The molecule has 2 aromatic carbocycles. The highest BCUT2D eigenvalue weighted by atomic mass is 127. The highest BCUT2D eigenvalue weighted by Crippen LogP contribution is 2.28. The standard InChI is InChI=1S/C13H8ClIN2O2/c14-11-6-5-10(7-13(11)17(18)19)16-8-9-3-1-2-4-12(9)15/h1-8H. The zero-order valence-electron chi connectivity index (χ0n) is 9.59. The second kappa shape index (κ2) is 6.12. The van der Waals surface area contributed by atoms with E-state index < -0.39 is 4.92 Å². The van der Waals surface area contributed by atoms with Gasteiger partial charge in [0.05, 0.1) is 10.6 Å². The van der Waals surface area contributed by atoms with Crippen molar-refractivity contribution in [1.82, 2.24) is 0 Å². The number of aliphatic imine (C=N–C) groups is 1. The first-order valence-corrected chi connectivity index (χ1v) is 6.76. The highest BCUT2D eigenvalue weighted by Gasteiger charge is 2.12. The molecule has 0 aliphatic rings. The van der Waals surface area contributed by atoms with Crippen LogP contribution in [-0.2, 0) is 0 Å². The summed E-state index contributed by atoms with van der Waals surface area (Å²) in [5, 5.41) is 10.9. The Morgan fingerprint density at radius 3 is 2.68 bits per heavy atom. The van der Waals surface area contributed by atoms with Gasteiger partial charge in [-0.25, -0.2) is 0 Å². The second-order valence-electron chi connectivity index (χ2n) is 3.67. The molecule has 19 heavy (non-hydrogen) atoms. The molecule has 96 valence electrons. The van der Waals surface area contributed by atoms with Gasteiger partial charge in [0, 0.05) is 21.4 Å². The van der Waals surface area contributed by atoms with Crippen LogP contribution in [-0.4, -0.2) is 11.1 Å². The average molecular weight is 387 g/mol. The predicted molar refractivity (Wildman–Crippen MR) is 84.5 cm³/mol. The van der Waals surface area contributed by atoms with Crippen molar-refractivity contribution in [2.75, 3.05) is 0 Å². The summed E-state index contributed by atoms with van der Waals surface area (Å²) in [5.74, 6) is 0. The normalized spacial score (nSPS) is 10.8. The zero-order chi connectivity index (χ0) is 13.8. The third-order valence-corrected chi connectivity index (χ3v) is 3.69. The maximum absolute atomic E-state index is 10.8. The van der Waals surface area contributed by atoms with Gasteiger partial charge < -0.3 is 0 Å². The zero-order valence-corrected chi connectivity index (χ0v) is 12.5. The molecule has 4 nitrogen and oxygen atoms in total. The lowest BCUT2D eigenvalue weighted by molar-refractivity contribution is -0.384. The number of halogens is 2. The van der Waals surface area contributed by atoms with E-state index in [1.165, 1.54) is 12.1 Å². The van der Waals surface area contributed by atoms with E-state index in [-0.39, 0.29) is 10.7 Å². The predicted octanol–water partition coefficient (Wildman–Crippen LogP) is 4.60. The Morgan fingerprint density at radius 2 is 2.00 bits per heavy atom. The molecule has 0 aliphatic carbocycles. The van der Waals surface area contributed by atoms with Crippen molar-refractivity contribution in [1.29, 1.82) is 0 Å². The molecule has 0 amide bonds. The first kappa shape index (κ1) is 14.0. The molecule has 0 N–H and O–H groups in total. The summed E-state index contributed by atoms with van der Waals surface area (Å²) in [4.78, 5) is 14.5. The highest BCUT2D eigenvalue weighted by molar-refractivity contribution is 14.1. The summed E-state index contributed by atoms with van der Waals surface area (Å²) in [6.07, 6.45) is 1.68. The fourth-order valence-corrected chi connectivity index (χ4v) is 2.16. The van der Waals surface area contributed by atoms with Gasteiger partial charge >= 0.3 is 0 Å². The Bertz CT molecular complexity index is 659. The molecule has 0 radical (unpaired) electrons. The van der Waals surface area contributed by atoms with Gasteiger partial charge in [-0.1, -0.05) is 29.8 Å². The molecular formula is C13H8ClIN2O2. The van der Waals surface area contributed by atoms with Crippen molar-refractivity contribution in [3.05, 3.63) is 66.7 Å². The molecule has 0 saturated carbocycles. The summed E-state index contributed by atoms with van der Waals surface area (Å²) >= 11 is 7.94. The fraction of sp³-hybridized carbons (Fsp3) is 0. The Kier molecular flexibility index (Phi) is 4.49. The van der Waals surface area contributed by atoms with Crippen LogP contribution >= 0.6 is 34.2 Å². The smallest absolute Gasteiger partial charge is 0.258 e. The van der Waals surface area contributed by atoms with Crippen LogP contribution in [0.15, 0.2) is 47.5 Å². The number of rotatable bonds is 3. The summed E-state index contributed by atoms with van der Waals surface area (Å²) in [6.45, 7) is 0. The minimum Gasteiger partial charge on any atom is -0.258 e. The minimum absolute atomic E-state index is 0.109. The van der Waals surface area contributed by atoms with Gasteiger partial charge in [-0.05, 0) is 40.8 Å². The van der Waals surface area contributed by atoms with Crippen molar-refractivity contribution in [3.63, 3.8) is 0 Å². The van der Waals surface area contributed by atoms with E-state index in [1.807, 2.05) is 24.3 Å². The largest absolute Gasteiger partial charge is 0.290 e. The molecule has 0 unspecified atom stereocenters. The third kappa shape index (κ3) is 3.51. The van der Waals surface area contributed by atoms with Crippen LogP contribution in [0.4, 0.5) is 11.4 Å². The SMILES string of the molecule is O=[N+]([O-])c1cc(N=Cc2ccccc2I)ccc1Cl. The summed E-state index contributed by atoms with van der Waals surface area (Å²) in [5.41, 5.74) is 1.32. The van der Waals surface area contributed by atoms with Gasteiger partial charge in [-0.15, -0.1) is 0 Å². The van der Waals surface area contributed by atoms with Gasteiger partial charge in [0.25, 0.3) is 5.69 Å². The molecule has 0 bridgehead atoms. The maximum Gasteiger partial charge on any atom is 0.290 e. The van der Waals surface area contributed by atoms with Crippen molar-refractivity contribution in [3.8, 4) is 0 Å². The van der Waals surface area contributed by atoms with Crippen molar-refractivity contribution in [2.24, 2.45) is 4.99 Å². The van der Waals surface area contributed by atoms with E-state index in [0.29, 0.717) is 5.69 Å². The van der Waals surface area contributed by atoms with Crippen molar-refractivity contribution < 1.29 is 4.92 Å². The first-order valence-electron chi connectivity index (χ1n) is 5.30. The first-order chi connectivity index (χ1) is 9.08. The summed E-state index contributed by atoms with van der Waals surface area (Å²) in [6, 6.07) is 12.2. The van der Waals surface area contributed by atoms with Gasteiger partial charge in [-0.3, -0.25) is 15.1 Å². The molecule has 0 heterocycles. The number of hydrogen-bond donors (Lipinski definition) is 0. The topological polar surface area (TPSA) is 55.5 Å². The number of nitro benzene ring substituents is 1. The van der Waals surface area contributed by atoms with Gasteiger partial charge in [0.15, 0.2) is 0 Å². The second-order valence-corrected chi connectivity index (χ2v) is 5.24. The van der Waals surface area contributed by atoms with Crippen LogP contribution in [0.3, 0.4) is 0 Å². The monoisotopic (exact) mass is 386 g/mol. The van der Waals surface area contributed by atoms with Crippen molar-refractivity contribution >= 4 is 51.8 Å². The molecule has 0 aliphatic heterocycles. The van der Waals surface area contributed by atoms with Crippen LogP contribution in [0, 0.1) is 13.7 Å². The molecule has 0 saturated heterocycles. The number of nitro groups is 1. The third-order valence-electron chi connectivity index (χ3n) is 2.38. The Hall–Kier alpha value is -1.47. The lowest BCUT2D eigenvalue weighted by atomic mass is 10.2. The number of nitrogens with zero attached hydrogens (tertiary/aromatic N) is 2. The molecular weight excluding hydrogens is 379 g/mol. The molecule has 0 fully saturated rings. The molecule has 6 heteroatoms. The Balaban J connectivity index is 2.32. The van der Waals surface area contributed by atoms with E-state index in [9.17, 15) is 10.1 Å². The summed E-state index contributed by atoms with van der Waals surface area (Å²) < 4.78 is 1.06. The maximum atomic E-state index is 10.8. The molecule has 2 aromatic rings. The van der Waals surface area contributed by atoms with E-state index in [2.05, 4.69) is 27.6 Å². The van der Waals surface area contributed by atoms with Gasteiger partial charge in [0.2, 0.25) is 0 Å². The van der Waals surface area contributed by atoms with Gasteiger partial charge in [0.1, 0.15) is 5.02 Å².